The Morgan fingerprint density at radius 3 is 2.74 bits per heavy atom. The van der Waals surface area contributed by atoms with Gasteiger partial charge >= 0.3 is 0 Å². The molecule has 0 amide bonds. The second-order valence-corrected chi connectivity index (χ2v) is 4.23. The first-order valence-electron chi connectivity index (χ1n) is 5.52. The van der Waals surface area contributed by atoms with E-state index in [0.717, 1.165) is 5.56 Å². The van der Waals surface area contributed by atoms with Crippen molar-refractivity contribution in [2.24, 2.45) is 0 Å². The minimum Gasteiger partial charge on any atom is -0.274 e. The molecule has 6 heteroatoms. The van der Waals surface area contributed by atoms with Crippen molar-refractivity contribution >= 4 is 34.8 Å². The lowest BCUT2D eigenvalue weighted by molar-refractivity contribution is 0.628. The molecule has 0 atom stereocenters. The Bertz CT molecular complexity index is 749. The maximum Gasteiger partial charge on any atom is 0.223 e. The molecule has 4 nitrogen and oxygen atoms in total. The second kappa shape index (κ2) is 4.78. The molecule has 3 aromatic rings. The first-order chi connectivity index (χ1) is 9.22. The minimum atomic E-state index is -0.262. The Kier molecular flexibility index (Phi) is 2.97. The molecule has 94 valence electrons. The van der Waals surface area contributed by atoms with Crippen LogP contribution < -0.4 is 0 Å². The number of fused-ring (bicyclic) bond motifs is 1. The fraction of sp³-hybridized carbons (Fsp3) is 0. The van der Waals surface area contributed by atoms with Gasteiger partial charge in [0.05, 0.1) is 6.20 Å². The van der Waals surface area contributed by atoms with Crippen molar-refractivity contribution in [3.63, 3.8) is 0 Å². The fourth-order valence-corrected chi connectivity index (χ4v) is 1.81. The molecule has 0 saturated carbocycles. The van der Waals surface area contributed by atoms with Gasteiger partial charge in [-0.15, -0.1) is 0 Å². The molecular weight excluding hydrogens is 267 g/mol. The highest BCUT2D eigenvalue weighted by Gasteiger charge is 2.05. The third kappa shape index (κ3) is 2.46. The topological polar surface area (TPSA) is 54.5 Å². The van der Waals surface area contributed by atoms with Crippen LogP contribution in [0.4, 0.5) is 4.39 Å². The largest absolute Gasteiger partial charge is 0.274 e. The van der Waals surface area contributed by atoms with Crippen LogP contribution >= 0.6 is 11.6 Å². The number of nitrogens with zero attached hydrogens (tertiary/aromatic N) is 3. The van der Waals surface area contributed by atoms with Gasteiger partial charge in [0, 0.05) is 0 Å². The van der Waals surface area contributed by atoms with E-state index < -0.39 is 0 Å². The SMILES string of the molecule is Fc1ccc(/C=C/c2n[nH]c3cnc(Cl)nc23)cc1. The first kappa shape index (κ1) is 11.8. The number of hydrogen-bond donors (Lipinski definition) is 1. The molecule has 0 fully saturated rings. The predicted octanol–water partition coefficient (Wildman–Crippen LogP) is 3.32. The summed E-state index contributed by atoms with van der Waals surface area (Å²) in [5.74, 6) is -0.262. The van der Waals surface area contributed by atoms with Crippen molar-refractivity contribution in [1.82, 2.24) is 20.2 Å². The molecule has 19 heavy (non-hydrogen) atoms. The number of aromatic nitrogens is 4. The lowest BCUT2D eigenvalue weighted by atomic mass is 10.2. The van der Waals surface area contributed by atoms with Crippen molar-refractivity contribution in [3.8, 4) is 0 Å². The van der Waals surface area contributed by atoms with Gasteiger partial charge < -0.3 is 0 Å². The summed E-state index contributed by atoms with van der Waals surface area (Å²) in [6.45, 7) is 0. The van der Waals surface area contributed by atoms with Crippen LogP contribution in [0.3, 0.4) is 0 Å². The zero-order chi connectivity index (χ0) is 13.2. The Balaban J connectivity index is 1.96. The van der Waals surface area contributed by atoms with Crippen molar-refractivity contribution in [3.05, 3.63) is 52.8 Å². The molecule has 0 aliphatic rings. The maximum atomic E-state index is 12.8. The molecule has 0 bridgehead atoms. The van der Waals surface area contributed by atoms with Crippen LogP contribution in [-0.4, -0.2) is 20.2 Å². The van der Waals surface area contributed by atoms with E-state index in [1.165, 1.54) is 12.1 Å². The lowest BCUT2D eigenvalue weighted by Crippen LogP contribution is -1.82. The van der Waals surface area contributed by atoms with Gasteiger partial charge in [0.15, 0.2) is 0 Å². The van der Waals surface area contributed by atoms with Gasteiger partial charge in [-0.25, -0.2) is 14.4 Å². The second-order valence-electron chi connectivity index (χ2n) is 3.90. The summed E-state index contributed by atoms with van der Waals surface area (Å²) in [4.78, 5) is 7.98. The van der Waals surface area contributed by atoms with Gasteiger partial charge in [0.2, 0.25) is 5.28 Å². The standard InChI is InChI=1S/C13H8ClFN4/c14-13-16-7-11-12(17-13)10(18-19-11)6-3-8-1-4-9(15)5-2-8/h1-7H,(H,18,19)/b6-3+. The molecular formula is C13H8ClFN4. The highest BCUT2D eigenvalue weighted by molar-refractivity contribution is 6.28. The highest BCUT2D eigenvalue weighted by atomic mass is 35.5. The van der Waals surface area contributed by atoms with Gasteiger partial charge in [-0.05, 0) is 35.4 Å². The number of H-pyrrole nitrogens is 1. The summed E-state index contributed by atoms with van der Waals surface area (Å²) in [6, 6.07) is 6.17. The molecule has 2 heterocycles. The van der Waals surface area contributed by atoms with Crippen molar-refractivity contribution in [2.45, 2.75) is 0 Å². The van der Waals surface area contributed by atoms with Crippen LogP contribution in [-0.2, 0) is 0 Å². The summed E-state index contributed by atoms with van der Waals surface area (Å²) in [7, 11) is 0. The Hall–Kier alpha value is -2.27. The number of nitrogens with one attached hydrogen (secondary N) is 1. The maximum absolute atomic E-state index is 12.8. The summed E-state index contributed by atoms with van der Waals surface area (Å²) < 4.78 is 12.8. The van der Waals surface area contributed by atoms with Gasteiger partial charge in [-0.1, -0.05) is 18.2 Å². The van der Waals surface area contributed by atoms with Crippen LogP contribution in [0.1, 0.15) is 11.3 Å². The van der Waals surface area contributed by atoms with E-state index in [9.17, 15) is 4.39 Å². The molecule has 1 aromatic carbocycles. The van der Waals surface area contributed by atoms with E-state index in [4.69, 9.17) is 11.6 Å². The van der Waals surface area contributed by atoms with E-state index in [2.05, 4.69) is 20.2 Å². The van der Waals surface area contributed by atoms with Gasteiger partial charge in [0.25, 0.3) is 0 Å². The van der Waals surface area contributed by atoms with Gasteiger partial charge in [-0.2, -0.15) is 5.10 Å². The number of benzene rings is 1. The van der Waals surface area contributed by atoms with Crippen LogP contribution in [0, 0.1) is 5.82 Å². The average Bonchev–Trinajstić information content (AvgIpc) is 2.80. The average molecular weight is 275 g/mol. The van der Waals surface area contributed by atoms with Crippen molar-refractivity contribution < 1.29 is 4.39 Å². The van der Waals surface area contributed by atoms with Crippen LogP contribution in [0.15, 0.2) is 30.5 Å². The Morgan fingerprint density at radius 2 is 1.95 bits per heavy atom. The summed E-state index contributed by atoms with van der Waals surface area (Å²) >= 11 is 5.75. The third-order valence-corrected chi connectivity index (χ3v) is 2.78. The van der Waals surface area contributed by atoms with E-state index in [0.29, 0.717) is 16.7 Å². The molecule has 2 aromatic heterocycles. The normalized spacial score (nSPS) is 11.5. The smallest absolute Gasteiger partial charge is 0.223 e. The van der Waals surface area contributed by atoms with E-state index in [1.807, 2.05) is 6.08 Å². The minimum absolute atomic E-state index is 0.172. The molecule has 0 spiro atoms. The quantitative estimate of drug-likeness (QED) is 0.730. The molecule has 0 saturated heterocycles. The van der Waals surface area contributed by atoms with E-state index in [1.54, 1.807) is 24.4 Å². The molecule has 3 rings (SSSR count). The number of halogens is 2. The Morgan fingerprint density at radius 1 is 1.16 bits per heavy atom. The van der Waals surface area contributed by atoms with Crippen molar-refractivity contribution in [2.75, 3.05) is 0 Å². The van der Waals surface area contributed by atoms with Crippen molar-refractivity contribution in [1.29, 1.82) is 0 Å². The summed E-state index contributed by atoms with van der Waals surface area (Å²) in [6.07, 6.45) is 5.19. The zero-order valence-corrected chi connectivity index (χ0v) is 10.4. The molecule has 0 radical (unpaired) electrons. The summed E-state index contributed by atoms with van der Waals surface area (Å²) in [5.41, 5.74) is 2.89. The zero-order valence-electron chi connectivity index (χ0n) is 9.64. The van der Waals surface area contributed by atoms with Crippen LogP contribution in [0.2, 0.25) is 5.28 Å². The third-order valence-electron chi connectivity index (χ3n) is 2.60. The molecule has 0 unspecified atom stereocenters. The Labute approximate surface area is 113 Å². The van der Waals surface area contributed by atoms with Crippen LogP contribution in [0.25, 0.3) is 23.2 Å². The summed E-state index contributed by atoms with van der Waals surface area (Å²) in [5, 5.41) is 7.11. The van der Waals surface area contributed by atoms with Gasteiger partial charge in [-0.3, -0.25) is 5.10 Å². The van der Waals surface area contributed by atoms with E-state index in [-0.39, 0.29) is 11.1 Å². The lowest BCUT2D eigenvalue weighted by Gasteiger charge is -1.93. The number of rotatable bonds is 2. The number of aromatic amines is 1. The molecule has 0 aliphatic carbocycles. The van der Waals surface area contributed by atoms with Gasteiger partial charge in [0.1, 0.15) is 22.5 Å². The predicted molar refractivity (Wildman–Crippen MR) is 72.0 cm³/mol. The highest BCUT2D eigenvalue weighted by Crippen LogP contribution is 2.17. The molecule has 1 N–H and O–H groups in total. The first-order valence-corrected chi connectivity index (χ1v) is 5.90. The monoisotopic (exact) mass is 274 g/mol. The fourth-order valence-electron chi connectivity index (χ4n) is 1.68. The molecule has 0 aliphatic heterocycles. The van der Waals surface area contributed by atoms with Crippen LogP contribution in [0.5, 0.6) is 0 Å². The van der Waals surface area contributed by atoms with E-state index >= 15 is 0 Å². The number of hydrogen-bond acceptors (Lipinski definition) is 3.